The lowest BCUT2D eigenvalue weighted by atomic mass is 10.2. The van der Waals surface area contributed by atoms with Gasteiger partial charge in [-0.15, -0.1) is 0 Å². The minimum Gasteiger partial charge on any atom is -0.423 e. The Morgan fingerprint density at radius 3 is 2.50 bits per heavy atom. The van der Waals surface area contributed by atoms with Gasteiger partial charge in [0.15, 0.2) is 11.5 Å². The molecule has 0 radical (unpaired) electrons. The molecule has 1 aliphatic rings. The normalized spacial score (nSPS) is 17.2. The van der Waals surface area contributed by atoms with Gasteiger partial charge in [0.25, 0.3) is 0 Å². The number of alkyl halides is 2. The topological polar surface area (TPSA) is 18.5 Å². The van der Waals surface area contributed by atoms with Crippen molar-refractivity contribution in [1.29, 1.82) is 0 Å². The maximum atomic E-state index is 5.90. The van der Waals surface area contributed by atoms with Crippen molar-refractivity contribution in [3.8, 4) is 11.5 Å². The molecule has 1 aromatic carbocycles. The van der Waals surface area contributed by atoms with Gasteiger partial charge in [-0.1, -0.05) is 23.2 Å². The summed E-state index contributed by atoms with van der Waals surface area (Å²) in [5, 5.41) is 0.776. The van der Waals surface area contributed by atoms with Crippen LogP contribution in [0.5, 0.6) is 11.5 Å². The summed E-state index contributed by atoms with van der Waals surface area (Å²) in [5.41, 5.74) is 0.650. The molecule has 0 atom stereocenters. The standard InChI is InChI=1S/C8H4Cl4O2/c1-3-6(10)4(9)2-5-7(3)14-8(11,12)13-5/h2H,1H3. The monoisotopic (exact) mass is 272 g/mol. The zero-order chi connectivity index (χ0) is 10.5. The van der Waals surface area contributed by atoms with Crippen LogP contribution < -0.4 is 9.47 Å². The molecule has 0 saturated carbocycles. The summed E-state index contributed by atoms with van der Waals surface area (Å²) >= 11 is 23.0. The van der Waals surface area contributed by atoms with E-state index in [9.17, 15) is 0 Å². The second-order valence-corrected chi connectivity index (χ2v) is 4.77. The van der Waals surface area contributed by atoms with E-state index in [2.05, 4.69) is 0 Å². The molecule has 0 aromatic heterocycles. The summed E-state index contributed by atoms with van der Waals surface area (Å²) in [4.78, 5) is 0. The molecule has 0 saturated heterocycles. The van der Waals surface area contributed by atoms with Crippen molar-refractivity contribution >= 4 is 46.4 Å². The van der Waals surface area contributed by atoms with Crippen molar-refractivity contribution in [3.05, 3.63) is 21.7 Å². The van der Waals surface area contributed by atoms with Crippen LogP contribution in [-0.4, -0.2) is 4.71 Å². The van der Waals surface area contributed by atoms with Gasteiger partial charge in [-0.25, -0.2) is 0 Å². The minimum atomic E-state index is -1.69. The molecule has 0 bridgehead atoms. The average Bonchev–Trinajstić information content (AvgIpc) is 2.37. The lowest BCUT2D eigenvalue weighted by Crippen LogP contribution is -2.23. The minimum absolute atomic E-state index is 0.373. The largest absolute Gasteiger partial charge is 0.423 e. The van der Waals surface area contributed by atoms with Gasteiger partial charge in [0.2, 0.25) is 0 Å². The van der Waals surface area contributed by atoms with Gasteiger partial charge in [0.05, 0.1) is 10.0 Å². The van der Waals surface area contributed by atoms with Crippen molar-refractivity contribution in [2.75, 3.05) is 0 Å². The number of hydrogen-bond donors (Lipinski definition) is 0. The quantitative estimate of drug-likeness (QED) is 0.661. The van der Waals surface area contributed by atoms with E-state index in [1.54, 1.807) is 6.92 Å². The van der Waals surface area contributed by atoms with E-state index in [0.29, 0.717) is 27.1 Å². The predicted octanol–water partition coefficient (Wildman–Crippen LogP) is 4.16. The Morgan fingerprint density at radius 1 is 1.21 bits per heavy atom. The first-order valence-electron chi connectivity index (χ1n) is 3.65. The average molecular weight is 274 g/mol. The molecule has 0 aliphatic carbocycles. The van der Waals surface area contributed by atoms with Gasteiger partial charge < -0.3 is 9.47 Å². The van der Waals surface area contributed by atoms with Crippen molar-refractivity contribution in [2.45, 2.75) is 11.6 Å². The van der Waals surface area contributed by atoms with Gasteiger partial charge in [0.1, 0.15) is 0 Å². The maximum absolute atomic E-state index is 5.90. The molecule has 1 aliphatic heterocycles. The summed E-state index contributed by atoms with van der Waals surface area (Å²) in [7, 11) is 0. The zero-order valence-electron chi connectivity index (χ0n) is 6.91. The van der Waals surface area contributed by atoms with E-state index in [1.807, 2.05) is 0 Å². The lowest BCUT2D eigenvalue weighted by molar-refractivity contribution is 0.0845. The molecule has 0 fully saturated rings. The Bertz CT molecular complexity index is 403. The Kier molecular flexibility index (Phi) is 2.43. The highest BCUT2D eigenvalue weighted by molar-refractivity contribution is 6.47. The van der Waals surface area contributed by atoms with E-state index < -0.39 is 4.71 Å². The van der Waals surface area contributed by atoms with Crippen LogP contribution in [-0.2, 0) is 0 Å². The highest BCUT2D eigenvalue weighted by atomic mass is 35.5. The van der Waals surface area contributed by atoms with Crippen LogP contribution in [0.15, 0.2) is 6.07 Å². The molecule has 1 aromatic rings. The highest BCUT2D eigenvalue weighted by Crippen LogP contribution is 2.49. The number of fused-ring (bicyclic) bond motifs is 1. The third kappa shape index (κ3) is 1.61. The SMILES string of the molecule is Cc1c(Cl)c(Cl)cc2c1OC(Cl)(Cl)O2. The van der Waals surface area contributed by atoms with E-state index in [1.165, 1.54) is 6.07 Å². The Labute approximate surface area is 101 Å². The summed E-state index contributed by atoms with van der Waals surface area (Å²) < 4.78 is 8.51. The first-order valence-corrected chi connectivity index (χ1v) is 5.16. The molecule has 0 unspecified atom stereocenters. The predicted molar refractivity (Wildman–Crippen MR) is 56.9 cm³/mol. The van der Waals surface area contributed by atoms with Crippen molar-refractivity contribution < 1.29 is 9.47 Å². The second kappa shape index (κ2) is 3.24. The third-order valence-electron chi connectivity index (χ3n) is 1.81. The number of halogens is 4. The molecular weight excluding hydrogens is 270 g/mol. The maximum Gasteiger partial charge on any atom is 0.419 e. The summed E-state index contributed by atoms with van der Waals surface area (Å²) in [6, 6.07) is 1.51. The van der Waals surface area contributed by atoms with Crippen LogP contribution in [0.2, 0.25) is 10.0 Å². The van der Waals surface area contributed by atoms with E-state index in [-0.39, 0.29) is 0 Å². The molecule has 6 heteroatoms. The van der Waals surface area contributed by atoms with Crippen molar-refractivity contribution in [2.24, 2.45) is 0 Å². The lowest BCUT2D eigenvalue weighted by Gasteiger charge is -2.09. The molecule has 0 amide bonds. The fourth-order valence-electron chi connectivity index (χ4n) is 1.18. The van der Waals surface area contributed by atoms with Crippen LogP contribution in [0.3, 0.4) is 0 Å². The first kappa shape index (κ1) is 10.5. The van der Waals surface area contributed by atoms with E-state index in [4.69, 9.17) is 55.9 Å². The smallest absolute Gasteiger partial charge is 0.419 e. The molecule has 0 spiro atoms. The Morgan fingerprint density at radius 2 is 1.86 bits per heavy atom. The van der Waals surface area contributed by atoms with E-state index in [0.717, 1.165) is 0 Å². The summed E-state index contributed by atoms with van der Waals surface area (Å²) in [6.07, 6.45) is 0. The number of rotatable bonds is 0. The van der Waals surface area contributed by atoms with Crippen molar-refractivity contribution in [3.63, 3.8) is 0 Å². The summed E-state index contributed by atoms with van der Waals surface area (Å²) in [5.74, 6) is 0.811. The molecule has 2 rings (SSSR count). The van der Waals surface area contributed by atoms with Gasteiger partial charge >= 0.3 is 4.71 Å². The molecule has 1 heterocycles. The van der Waals surface area contributed by atoms with Gasteiger partial charge in [-0.3, -0.25) is 0 Å². The highest BCUT2D eigenvalue weighted by Gasteiger charge is 2.39. The molecule has 76 valence electrons. The number of hydrogen-bond acceptors (Lipinski definition) is 2. The van der Waals surface area contributed by atoms with Crippen LogP contribution in [0, 0.1) is 6.92 Å². The van der Waals surface area contributed by atoms with Crippen LogP contribution in [0.25, 0.3) is 0 Å². The fourth-order valence-corrected chi connectivity index (χ4v) is 1.88. The Balaban J connectivity index is 2.59. The van der Waals surface area contributed by atoms with Gasteiger partial charge in [-0.2, -0.15) is 0 Å². The number of ether oxygens (including phenoxy) is 2. The Hall–Kier alpha value is -0.0200. The van der Waals surface area contributed by atoms with Crippen LogP contribution in [0.1, 0.15) is 5.56 Å². The number of benzene rings is 1. The molecule has 0 N–H and O–H groups in total. The summed E-state index contributed by atoms with van der Waals surface area (Å²) in [6.45, 7) is 1.74. The van der Waals surface area contributed by atoms with Crippen LogP contribution >= 0.6 is 46.4 Å². The van der Waals surface area contributed by atoms with Crippen LogP contribution in [0.4, 0.5) is 0 Å². The molecular formula is C8H4Cl4O2. The fraction of sp³-hybridized carbons (Fsp3) is 0.250. The van der Waals surface area contributed by atoms with Gasteiger partial charge in [0, 0.05) is 11.6 Å². The van der Waals surface area contributed by atoms with Crippen molar-refractivity contribution in [1.82, 2.24) is 0 Å². The van der Waals surface area contributed by atoms with Gasteiger partial charge in [-0.05, 0) is 30.1 Å². The second-order valence-electron chi connectivity index (χ2n) is 2.79. The van der Waals surface area contributed by atoms with E-state index >= 15 is 0 Å². The first-order chi connectivity index (χ1) is 6.41. The molecule has 2 nitrogen and oxygen atoms in total. The molecule has 14 heavy (non-hydrogen) atoms. The third-order valence-corrected chi connectivity index (χ3v) is 3.00. The zero-order valence-corrected chi connectivity index (χ0v) is 9.93.